The molecule has 28 heavy (non-hydrogen) atoms. The summed E-state index contributed by atoms with van der Waals surface area (Å²) in [5.74, 6) is -0.746. The molecule has 2 saturated heterocycles. The number of halogens is 3. The number of urea groups is 1. The fourth-order valence-electron chi connectivity index (χ4n) is 3.84. The minimum Gasteiger partial charge on any atom is -0.507 e. The summed E-state index contributed by atoms with van der Waals surface area (Å²) in [7, 11) is 3.36. The van der Waals surface area contributed by atoms with Crippen molar-refractivity contribution in [3.05, 3.63) is 29.3 Å². The van der Waals surface area contributed by atoms with Gasteiger partial charge in [0.15, 0.2) is 0 Å². The minimum absolute atomic E-state index is 0.0156. The Kier molecular flexibility index (Phi) is 5.77. The van der Waals surface area contributed by atoms with Crippen LogP contribution in [0.5, 0.6) is 5.75 Å². The fourth-order valence-corrected chi connectivity index (χ4v) is 3.84. The molecule has 2 N–H and O–H groups in total. The number of nitrogens with one attached hydrogen (secondary N) is 1. The van der Waals surface area contributed by atoms with Crippen molar-refractivity contribution in [3.8, 4) is 5.75 Å². The van der Waals surface area contributed by atoms with E-state index in [4.69, 9.17) is 4.74 Å². The number of amides is 2. The predicted molar refractivity (Wildman–Crippen MR) is 96.9 cm³/mol. The zero-order valence-electron chi connectivity index (χ0n) is 16.1. The number of aromatic hydroxyl groups is 1. The van der Waals surface area contributed by atoms with Gasteiger partial charge in [-0.05, 0) is 30.5 Å². The molecule has 3 rings (SSSR count). The highest BCUT2D eigenvalue weighted by molar-refractivity contribution is 5.73. The van der Waals surface area contributed by atoms with E-state index >= 15 is 0 Å². The number of carbonyl (C=O) groups is 1. The largest absolute Gasteiger partial charge is 0.507 e. The van der Waals surface area contributed by atoms with Gasteiger partial charge < -0.3 is 20.1 Å². The summed E-state index contributed by atoms with van der Waals surface area (Å²) in [6.07, 6.45) is -2.04. The Hall–Kier alpha value is -2.00. The molecule has 2 amide bonds. The number of likely N-dealkylation sites (tertiary alicyclic amines) is 1. The fraction of sp³-hybridized carbons (Fsp3) is 0.632. The van der Waals surface area contributed by atoms with Crippen LogP contribution in [0.25, 0.3) is 0 Å². The number of rotatable bonds is 4. The highest BCUT2D eigenvalue weighted by Crippen LogP contribution is 2.41. The van der Waals surface area contributed by atoms with Gasteiger partial charge in [-0.15, -0.1) is 0 Å². The van der Waals surface area contributed by atoms with Gasteiger partial charge in [-0.1, -0.05) is 6.07 Å². The van der Waals surface area contributed by atoms with Crippen molar-refractivity contribution >= 4 is 6.03 Å². The predicted octanol–water partition coefficient (Wildman–Crippen LogP) is 2.81. The second-order valence-corrected chi connectivity index (χ2v) is 7.83. The maximum Gasteiger partial charge on any atom is 0.419 e. The number of nitrogens with zero attached hydrogens (tertiary/aromatic N) is 2. The summed E-state index contributed by atoms with van der Waals surface area (Å²) in [6, 6.07) is 3.50. The quantitative estimate of drug-likeness (QED) is 0.815. The Balaban J connectivity index is 1.46. The van der Waals surface area contributed by atoms with Gasteiger partial charge in [0.25, 0.3) is 0 Å². The molecule has 0 saturated carbocycles. The van der Waals surface area contributed by atoms with E-state index in [9.17, 15) is 23.1 Å². The lowest BCUT2D eigenvalue weighted by Gasteiger charge is -2.52. The van der Waals surface area contributed by atoms with Crippen LogP contribution in [-0.4, -0.2) is 66.4 Å². The SMILES string of the molecule is CN(C)C(=O)NC[C@H]1CC2(CCN(Cc3ccc(O)c(C(F)(F)F)c3)CC2)O1. The molecule has 156 valence electrons. The maximum absolute atomic E-state index is 12.9. The van der Waals surface area contributed by atoms with Gasteiger partial charge in [0.05, 0.1) is 17.3 Å². The molecule has 2 aliphatic rings. The third-order valence-electron chi connectivity index (χ3n) is 5.44. The van der Waals surface area contributed by atoms with Crippen LogP contribution in [0.1, 0.15) is 30.4 Å². The first-order valence-corrected chi connectivity index (χ1v) is 9.32. The summed E-state index contributed by atoms with van der Waals surface area (Å²) in [5, 5.41) is 12.2. The van der Waals surface area contributed by atoms with Crippen molar-refractivity contribution in [2.24, 2.45) is 0 Å². The van der Waals surface area contributed by atoms with Gasteiger partial charge in [-0.25, -0.2) is 4.79 Å². The Bertz CT molecular complexity index is 708. The lowest BCUT2D eigenvalue weighted by molar-refractivity contribution is -0.222. The summed E-state index contributed by atoms with van der Waals surface area (Å²) in [4.78, 5) is 15.1. The minimum atomic E-state index is -4.57. The molecule has 0 radical (unpaired) electrons. The van der Waals surface area contributed by atoms with Crippen molar-refractivity contribution < 1.29 is 27.8 Å². The standard InChI is InChI=1S/C19H26F3N3O3/c1-24(2)17(27)23-11-14-10-18(28-14)5-7-25(8-6-18)12-13-3-4-16(26)15(9-13)19(20,21)22/h3-4,9,14,26H,5-8,10-12H2,1-2H3,(H,23,27)/t14-/m1/s1. The van der Waals surface area contributed by atoms with Crippen LogP contribution < -0.4 is 5.32 Å². The van der Waals surface area contributed by atoms with E-state index in [1.165, 1.54) is 11.0 Å². The van der Waals surface area contributed by atoms with Crippen LogP contribution >= 0.6 is 0 Å². The monoisotopic (exact) mass is 401 g/mol. The Morgan fingerprint density at radius 3 is 2.57 bits per heavy atom. The van der Waals surface area contributed by atoms with Crippen LogP contribution in [0.15, 0.2) is 18.2 Å². The summed E-state index contributed by atoms with van der Waals surface area (Å²) in [6.45, 7) is 2.36. The van der Waals surface area contributed by atoms with Gasteiger partial charge >= 0.3 is 12.2 Å². The molecule has 1 atom stereocenters. The van der Waals surface area contributed by atoms with Gasteiger partial charge in [0.2, 0.25) is 0 Å². The number of hydrogen-bond donors (Lipinski definition) is 2. The molecule has 1 aromatic rings. The second kappa shape index (κ2) is 7.79. The first-order chi connectivity index (χ1) is 13.1. The molecule has 0 aromatic heterocycles. The number of hydrogen-bond acceptors (Lipinski definition) is 4. The number of ether oxygens (including phenoxy) is 1. The molecule has 2 fully saturated rings. The molecule has 1 spiro atoms. The van der Waals surface area contributed by atoms with E-state index in [1.807, 2.05) is 0 Å². The number of phenolic OH excluding ortho intramolecular Hbond substituents is 1. The van der Waals surface area contributed by atoms with Gasteiger partial charge in [0, 0.05) is 46.7 Å². The third kappa shape index (κ3) is 4.70. The van der Waals surface area contributed by atoms with Crippen LogP contribution in [0.3, 0.4) is 0 Å². The number of piperidine rings is 1. The van der Waals surface area contributed by atoms with Crippen LogP contribution in [-0.2, 0) is 17.5 Å². The van der Waals surface area contributed by atoms with Crippen LogP contribution in [0, 0.1) is 0 Å². The lowest BCUT2D eigenvalue weighted by atomic mass is 9.80. The molecule has 9 heteroatoms. The van der Waals surface area contributed by atoms with Gasteiger partial charge in [0.1, 0.15) is 5.75 Å². The lowest BCUT2D eigenvalue weighted by Crippen LogP contribution is -2.59. The number of carbonyl (C=O) groups excluding carboxylic acids is 1. The first-order valence-electron chi connectivity index (χ1n) is 9.32. The normalized spacial score (nSPS) is 22.0. The molecule has 0 bridgehead atoms. The van der Waals surface area contributed by atoms with Crippen LogP contribution in [0.2, 0.25) is 0 Å². The molecule has 2 aliphatic heterocycles. The zero-order chi connectivity index (χ0) is 20.5. The van der Waals surface area contributed by atoms with Gasteiger partial charge in [-0.2, -0.15) is 13.2 Å². The highest BCUT2D eigenvalue weighted by atomic mass is 19.4. The molecule has 0 unspecified atom stereocenters. The zero-order valence-corrected chi connectivity index (χ0v) is 16.1. The van der Waals surface area contributed by atoms with E-state index in [2.05, 4.69) is 10.2 Å². The maximum atomic E-state index is 12.9. The van der Waals surface area contributed by atoms with Gasteiger partial charge in [-0.3, -0.25) is 4.90 Å². The Morgan fingerprint density at radius 2 is 2.00 bits per heavy atom. The smallest absolute Gasteiger partial charge is 0.419 e. The van der Waals surface area contributed by atoms with Crippen molar-refractivity contribution in [1.82, 2.24) is 15.1 Å². The van der Waals surface area contributed by atoms with E-state index in [0.29, 0.717) is 18.7 Å². The first kappa shape index (κ1) is 20.7. The van der Waals surface area contributed by atoms with E-state index < -0.39 is 17.5 Å². The van der Waals surface area contributed by atoms with E-state index in [1.54, 1.807) is 14.1 Å². The molecule has 2 heterocycles. The molecule has 0 aliphatic carbocycles. The average molecular weight is 401 g/mol. The molecular weight excluding hydrogens is 375 g/mol. The van der Waals surface area contributed by atoms with E-state index in [0.717, 1.165) is 44.5 Å². The topological polar surface area (TPSA) is 65.0 Å². The Labute approximate surface area is 162 Å². The summed E-state index contributed by atoms with van der Waals surface area (Å²) < 4.78 is 44.8. The Morgan fingerprint density at radius 1 is 1.36 bits per heavy atom. The van der Waals surface area contributed by atoms with Crippen molar-refractivity contribution in [3.63, 3.8) is 0 Å². The van der Waals surface area contributed by atoms with Crippen molar-refractivity contribution in [1.29, 1.82) is 0 Å². The molecule has 6 nitrogen and oxygen atoms in total. The van der Waals surface area contributed by atoms with Crippen LogP contribution in [0.4, 0.5) is 18.0 Å². The summed E-state index contributed by atoms with van der Waals surface area (Å²) >= 11 is 0. The van der Waals surface area contributed by atoms with Crippen molar-refractivity contribution in [2.75, 3.05) is 33.7 Å². The number of alkyl halides is 3. The molecule has 1 aromatic carbocycles. The molecular formula is C19H26F3N3O3. The van der Waals surface area contributed by atoms with Crippen molar-refractivity contribution in [2.45, 2.75) is 43.7 Å². The summed E-state index contributed by atoms with van der Waals surface area (Å²) in [5.41, 5.74) is -0.640. The highest BCUT2D eigenvalue weighted by Gasteiger charge is 2.47. The second-order valence-electron chi connectivity index (χ2n) is 7.83. The number of phenols is 1. The average Bonchev–Trinajstić information content (AvgIpc) is 2.59. The van der Waals surface area contributed by atoms with E-state index in [-0.39, 0.29) is 17.7 Å². The number of benzene rings is 1. The third-order valence-corrected chi connectivity index (χ3v) is 5.44.